The quantitative estimate of drug-likeness (QED) is 0.849. The van der Waals surface area contributed by atoms with E-state index in [1.165, 1.54) is 19.3 Å². The van der Waals surface area contributed by atoms with Gasteiger partial charge in [0.25, 0.3) is 0 Å². The molecule has 4 nitrogen and oxygen atoms in total. The summed E-state index contributed by atoms with van der Waals surface area (Å²) in [6, 6.07) is 1.86. The lowest BCUT2D eigenvalue weighted by atomic mass is 9.77. The number of aromatic nitrogens is 2. The molecule has 1 aromatic rings. The second-order valence-corrected chi connectivity index (χ2v) is 7.05. The molecule has 0 aromatic carbocycles. The van der Waals surface area contributed by atoms with Crippen LogP contribution in [0.25, 0.3) is 0 Å². The lowest BCUT2D eigenvalue weighted by molar-refractivity contribution is 0.220. The first-order valence-electron chi connectivity index (χ1n) is 7.26. The SMILES string of the molecule is CC(C)(C)C1CCCN(c2nnccc2C(N)=S)CC1. The molecule has 0 amide bonds. The molecule has 2 rings (SSSR count). The lowest BCUT2D eigenvalue weighted by Crippen LogP contribution is -2.29. The molecule has 1 saturated heterocycles. The fourth-order valence-corrected chi connectivity index (χ4v) is 3.08. The van der Waals surface area contributed by atoms with E-state index in [0.29, 0.717) is 10.4 Å². The number of nitrogens with zero attached hydrogens (tertiary/aromatic N) is 3. The Bertz CT molecular complexity index is 481. The van der Waals surface area contributed by atoms with Crippen LogP contribution in [-0.4, -0.2) is 28.3 Å². The number of hydrogen-bond donors (Lipinski definition) is 1. The van der Waals surface area contributed by atoms with E-state index < -0.39 is 0 Å². The zero-order valence-corrected chi connectivity index (χ0v) is 13.4. The Hall–Kier alpha value is -1.23. The molecule has 0 radical (unpaired) electrons. The van der Waals surface area contributed by atoms with Crippen molar-refractivity contribution >= 4 is 23.0 Å². The number of nitrogens with two attached hydrogens (primary N) is 1. The highest BCUT2D eigenvalue weighted by Crippen LogP contribution is 2.35. The largest absolute Gasteiger partial charge is 0.389 e. The van der Waals surface area contributed by atoms with E-state index in [1.54, 1.807) is 6.20 Å². The molecule has 1 fully saturated rings. The van der Waals surface area contributed by atoms with Gasteiger partial charge in [-0.2, -0.15) is 5.10 Å². The van der Waals surface area contributed by atoms with Gasteiger partial charge in [-0.15, -0.1) is 5.10 Å². The molecule has 20 heavy (non-hydrogen) atoms. The minimum absolute atomic E-state index is 0.365. The molecule has 0 spiro atoms. The molecule has 0 saturated carbocycles. The van der Waals surface area contributed by atoms with Crippen LogP contribution in [0.5, 0.6) is 0 Å². The van der Waals surface area contributed by atoms with Crippen molar-refractivity contribution in [2.45, 2.75) is 40.0 Å². The van der Waals surface area contributed by atoms with Crippen molar-refractivity contribution in [1.82, 2.24) is 10.2 Å². The van der Waals surface area contributed by atoms with Crippen molar-refractivity contribution in [2.24, 2.45) is 17.1 Å². The Morgan fingerprint density at radius 1 is 1.35 bits per heavy atom. The highest BCUT2D eigenvalue weighted by atomic mass is 32.1. The zero-order valence-electron chi connectivity index (χ0n) is 12.6. The minimum atomic E-state index is 0.365. The van der Waals surface area contributed by atoms with Gasteiger partial charge in [0.2, 0.25) is 0 Å². The summed E-state index contributed by atoms with van der Waals surface area (Å²) in [5.41, 5.74) is 7.00. The van der Waals surface area contributed by atoms with Gasteiger partial charge in [0.15, 0.2) is 5.82 Å². The normalized spacial score (nSPS) is 20.6. The first kappa shape index (κ1) is 15.2. The zero-order chi connectivity index (χ0) is 14.8. The van der Waals surface area contributed by atoms with Crippen molar-refractivity contribution in [3.8, 4) is 0 Å². The molecule has 1 unspecified atom stereocenters. The smallest absolute Gasteiger partial charge is 0.161 e. The standard InChI is InChI=1S/C15H24N4S/c1-15(2,3)11-5-4-9-19(10-7-11)14-12(13(16)20)6-8-17-18-14/h6,8,11H,4-5,7,9-10H2,1-3H3,(H2,16,20). The number of rotatable bonds is 2. The molecule has 1 aromatic heterocycles. The third kappa shape index (κ3) is 3.45. The van der Waals surface area contributed by atoms with E-state index in [-0.39, 0.29) is 0 Å². The molecule has 0 aliphatic carbocycles. The van der Waals surface area contributed by atoms with Crippen LogP contribution in [0.2, 0.25) is 0 Å². The Morgan fingerprint density at radius 2 is 2.10 bits per heavy atom. The predicted molar refractivity (Wildman–Crippen MR) is 86.9 cm³/mol. The molecular formula is C15H24N4S. The topological polar surface area (TPSA) is 55.0 Å². The molecule has 0 bridgehead atoms. The third-order valence-corrected chi connectivity index (χ3v) is 4.44. The van der Waals surface area contributed by atoms with Crippen molar-refractivity contribution in [2.75, 3.05) is 18.0 Å². The highest BCUT2D eigenvalue weighted by molar-refractivity contribution is 7.80. The molecule has 110 valence electrons. The van der Waals surface area contributed by atoms with E-state index in [4.69, 9.17) is 18.0 Å². The summed E-state index contributed by atoms with van der Waals surface area (Å²) < 4.78 is 0. The van der Waals surface area contributed by atoms with Gasteiger partial charge >= 0.3 is 0 Å². The average molecular weight is 292 g/mol. The Labute approximate surface area is 126 Å². The number of anilines is 1. The summed E-state index contributed by atoms with van der Waals surface area (Å²) >= 11 is 5.12. The molecular weight excluding hydrogens is 268 g/mol. The van der Waals surface area contributed by atoms with Crippen molar-refractivity contribution in [1.29, 1.82) is 0 Å². The molecule has 1 aliphatic heterocycles. The maximum Gasteiger partial charge on any atom is 0.161 e. The predicted octanol–water partition coefficient (Wildman–Crippen LogP) is 2.76. The summed E-state index contributed by atoms with van der Waals surface area (Å²) in [6.07, 6.45) is 5.27. The van der Waals surface area contributed by atoms with Gasteiger partial charge in [-0.3, -0.25) is 0 Å². The summed E-state index contributed by atoms with van der Waals surface area (Å²) in [5.74, 6) is 1.59. The Balaban J connectivity index is 2.17. The van der Waals surface area contributed by atoms with Gasteiger partial charge in [-0.05, 0) is 36.7 Å². The van der Waals surface area contributed by atoms with E-state index >= 15 is 0 Å². The minimum Gasteiger partial charge on any atom is -0.389 e. The third-order valence-electron chi connectivity index (χ3n) is 4.22. The summed E-state index contributed by atoms with van der Waals surface area (Å²) in [7, 11) is 0. The Kier molecular flexibility index (Phi) is 4.58. The van der Waals surface area contributed by atoms with Crippen LogP contribution in [0.4, 0.5) is 5.82 Å². The van der Waals surface area contributed by atoms with Crippen LogP contribution in [0.1, 0.15) is 45.6 Å². The summed E-state index contributed by atoms with van der Waals surface area (Å²) in [5, 5.41) is 8.26. The second kappa shape index (κ2) is 6.04. The summed E-state index contributed by atoms with van der Waals surface area (Å²) in [6.45, 7) is 8.99. The summed E-state index contributed by atoms with van der Waals surface area (Å²) in [4.78, 5) is 2.68. The number of thiocarbonyl (C=S) groups is 1. The van der Waals surface area contributed by atoms with Crippen molar-refractivity contribution in [3.63, 3.8) is 0 Å². The molecule has 5 heteroatoms. The van der Waals surface area contributed by atoms with Gasteiger partial charge in [0, 0.05) is 13.1 Å². The van der Waals surface area contributed by atoms with Crippen LogP contribution in [0, 0.1) is 11.3 Å². The molecule has 2 heterocycles. The monoisotopic (exact) mass is 292 g/mol. The Morgan fingerprint density at radius 3 is 2.75 bits per heavy atom. The fourth-order valence-electron chi connectivity index (χ4n) is 2.92. The first-order chi connectivity index (χ1) is 9.39. The van der Waals surface area contributed by atoms with E-state index in [9.17, 15) is 0 Å². The first-order valence-corrected chi connectivity index (χ1v) is 7.67. The van der Waals surface area contributed by atoms with Gasteiger partial charge in [0.1, 0.15) is 4.99 Å². The second-order valence-electron chi connectivity index (χ2n) is 6.61. The fraction of sp³-hybridized carbons (Fsp3) is 0.667. The molecule has 1 atom stereocenters. The number of hydrogen-bond acceptors (Lipinski definition) is 4. The van der Waals surface area contributed by atoms with Crippen LogP contribution >= 0.6 is 12.2 Å². The van der Waals surface area contributed by atoms with Gasteiger partial charge in [-0.1, -0.05) is 33.0 Å². The van der Waals surface area contributed by atoms with Crippen molar-refractivity contribution in [3.05, 3.63) is 17.8 Å². The van der Waals surface area contributed by atoms with E-state index in [0.717, 1.165) is 30.4 Å². The lowest BCUT2D eigenvalue weighted by Gasteiger charge is -2.30. The van der Waals surface area contributed by atoms with Crippen LogP contribution in [0.3, 0.4) is 0 Å². The average Bonchev–Trinajstić information content (AvgIpc) is 2.63. The molecule has 1 aliphatic rings. The van der Waals surface area contributed by atoms with Crippen LogP contribution in [0.15, 0.2) is 12.3 Å². The van der Waals surface area contributed by atoms with Gasteiger partial charge < -0.3 is 10.6 Å². The van der Waals surface area contributed by atoms with Crippen LogP contribution in [-0.2, 0) is 0 Å². The van der Waals surface area contributed by atoms with Gasteiger partial charge in [0.05, 0.1) is 11.8 Å². The van der Waals surface area contributed by atoms with E-state index in [2.05, 4.69) is 35.9 Å². The maximum atomic E-state index is 5.79. The molecule has 2 N–H and O–H groups in total. The van der Waals surface area contributed by atoms with E-state index in [1.807, 2.05) is 6.07 Å². The maximum absolute atomic E-state index is 5.79. The highest BCUT2D eigenvalue weighted by Gasteiger charge is 2.28. The van der Waals surface area contributed by atoms with Crippen LogP contribution < -0.4 is 10.6 Å². The van der Waals surface area contributed by atoms with Gasteiger partial charge in [-0.25, -0.2) is 0 Å². The van der Waals surface area contributed by atoms with Crippen molar-refractivity contribution < 1.29 is 0 Å².